The number of amides is 1. The van der Waals surface area contributed by atoms with Crippen molar-refractivity contribution in [3.63, 3.8) is 0 Å². The van der Waals surface area contributed by atoms with Gasteiger partial charge in [0.1, 0.15) is 5.54 Å². The van der Waals surface area contributed by atoms with Gasteiger partial charge < -0.3 is 5.32 Å². The molecule has 1 heterocycles. The van der Waals surface area contributed by atoms with Gasteiger partial charge in [-0.2, -0.15) is 0 Å². The van der Waals surface area contributed by atoms with E-state index in [4.69, 9.17) is 0 Å². The van der Waals surface area contributed by atoms with Gasteiger partial charge in [-0.05, 0) is 43.2 Å². The molecule has 0 radical (unpaired) electrons. The second-order valence-corrected chi connectivity index (χ2v) is 5.84. The monoisotopic (exact) mass is 281 g/mol. The van der Waals surface area contributed by atoms with Crippen LogP contribution in [0.15, 0.2) is 47.5 Å². The number of aliphatic imine (C=N–C) groups is 1. The molecule has 0 bridgehead atoms. The van der Waals surface area contributed by atoms with E-state index in [-0.39, 0.29) is 11.9 Å². The highest BCUT2D eigenvalue weighted by molar-refractivity contribution is 6.09. The van der Waals surface area contributed by atoms with E-state index in [1.54, 1.807) is 0 Å². The average molecular weight is 281 g/mol. The summed E-state index contributed by atoms with van der Waals surface area (Å²) in [6.07, 6.45) is 0. The molecule has 4 nitrogen and oxygen atoms in total. The number of nitrogens with one attached hydrogen (secondary N) is 2. The molecule has 1 aliphatic heterocycles. The Morgan fingerprint density at radius 3 is 2.52 bits per heavy atom. The first-order valence-corrected chi connectivity index (χ1v) is 7.16. The molecule has 2 aromatic carbocycles. The number of hydrogen-bond donors (Lipinski definition) is 2. The van der Waals surface area contributed by atoms with E-state index in [2.05, 4.69) is 33.8 Å². The van der Waals surface area contributed by atoms with Crippen LogP contribution >= 0.6 is 0 Å². The van der Waals surface area contributed by atoms with Crippen LogP contribution < -0.4 is 10.6 Å². The van der Waals surface area contributed by atoms with Gasteiger partial charge in [-0.3, -0.25) is 15.1 Å². The predicted octanol–water partition coefficient (Wildman–Crippen LogP) is 2.54. The molecule has 0 aromatic heterocycles. The van der Waals surface area contributed by atoms with Crippen LogP contribution in [-0.4, -0.2) is 17.9 Å². The van der Waals surface area contributed by atoms with Gasteiger partial charge in [-0.25, -0.2) is 0 Å². The molecule has 108 valence electrons. The first kappa shape index (κ1) is 13.6. The third-order valence-corrected chi connectivity index (χ3v) is 3.77. The van der Waals surface area contributed by atoms with Crippen LogP contribution in [0.2, 0.25) is 0 Å². The minimum atomic E-state index is -0.780. The van der Waals surface area contributed by atoms with Crippen LogP contribution in [0.1, 0.15) is 26.3 Å². The molecule has 4 heteroatoms. The molecule has 0 saturated carbocycles. The first-order valence-electron chi connectivity index (χ1n) is 7.16. The molecule has 1 unspecified atom stereocenters. The number of guanidine groups is 1. The molecule has 1 amide bonds. The first-order chi connectivity index (χ1) is 9.99. The number of rotatable bonds is 2. The van der Waals surface area contributed by atoms with Crippen molar-refractivity contribution in [2.75, 3.05) is 0 Å². The number of fused-ring (bicyclic) bond motifs is 1. The summed E-state index contributed by atoms with van der Waals surface area (Å²) >= 11 is 0. The summed E-state index contributed by atoms with van der Waals surface area (Å²) < 4.78 is 0. The van der Waals surface area contributed by atoms with Crippen molar-refractivity contribution in [2.45, 2.75) is 32.4 Å². The molecule has 0 spiro atoms. The second-order valence-electron chi connectivity index (χ2n) is 5.84. The molecule has 1 atom stereocenters. The number of carbonyl (C=O) groups excluding carboxylic acids is 1. The van der Waals surface area contributed by atoms with Crippen molar-refractivity contribution in [3.05, 3.63) is 48.0 Å². The van der Waals surface area contributed by atoms with Gasteiger partial charge in [-0.15, -0.1) is 0 Å². The van der Waals surface area contributed by atoms with Gasteiger partial charge in [0.05, 0.1) is 0 Å². The zero-order valence-corrected chi connectivity index (χ0v) is 12.5. The highest BCUT2D eigenvalue weighted by Gasteiger charge is 2.42. The van der Waals surface area contributed by atoms with Crippen molar-refractivity contribution >= 4 is 22.6 Å². The van der Waals surface area contributed by atoms with Gasteiger partial charge >= 0.3 is 0 Å². The third-order valence-electron chi connectivity index (χ3n) is 3.77. The van der Waals surface area contributed by atoms with Crippen LogP contribution in [0.3, 0.4) is 0 Å². The second kappa shape index (κ2) is 4.88. The van der Waals surface area contributed by atoms with E-state index in [9.17, 15) is 4.79 Å². The topological polar surface area (TPSA) is 53.5 Å². The highest BCUT2D eigenvalue weighted by Crippen LogP contribution is 2.27. The lowest BCUT2D eigenvalue weighted by atomic mass is 9.90. The summed E-state index contributed by atoms with van der Waals surface area (Å²) in [5.41, 5.74) is 0.158. The molecule has 2 N–H and O–H groups in total. The van der Waals surface area contributed by atoms with Crippen molar-refractivity contribution in [1.29, 1.82) is 0 Å². The van der Waals surface area contributed by atoms with Gasteiger partial charge in [0, 0.05) is 6.04 Å². The Labute approximate surface area is 124 Å². The third kappa shape index (κ3) is 2.37. The van der Waals surface area contributed by atoms with Crippen LogP contribution in [0.25, 0.3) is 10.8 Å². The Hall–Kier alpha value is -2.36. The summed E-state index contributed by atoms with van der Waals surface area (Å²) in [5, 5.41) is 8.33. The van der Waals surface area contributed by atoms with E-state index in [1.807, 2.05) is 45.0 Å². The maximum absolute atomic E-state index is 12.4. The molecule has 2 aromatic rings. The Morgan fingerprint density at radius 1 is 1.10 bits per heavy atom. The standard InChI is InChI=1S/C17H19N3O/c1-11(2)18-16-19-15(21)17(3,20-16)14-9-8-12-6-4-5-7-13(12)10-14/h4-11H,1-3H3,(H2,18,19,20,21). The fourth-order valence-electron chi connectivity index (χ4n) is 2.58. The van der Waals surface area contributed by atoms with Crippen LogP contribution in [-0.2, 0) is 10.3 Å². The van der Waals surface area contributed by atoms with E-state index in [1.165, 1.54) is 5.39 Å². The molecular weight excluding hydrogens is 262 g/mol. The zero-order valence-electron chi connectivity index (χ0n) is 12.5. The maximum atomic E-state index is 12.4. The van der Waals surface area contributed by atoms with Crippen LogP contribution in [0.5, 0.6) is 0 Å². The van der Waals surface area contributed by atoms with Gasteiger partial charge in [0.2, 0.25) is 0 Å². The molecule has 1 fully saturated rings. The Morgan fingerprint density at radius 2 is 1.81 bits per heavy atom. The molecule has 21 heavy (non-hydrogen) atoms. The predicted molar refractivity (Wildman–Crippen MR) is 85.1 cm³/mol. The molecule has 0 aliphatic carbocycles. The van der Waals surface area contributed by atoms with Crippen molar-refractivity contribution in [2.24, 2.45) is 4.99 Å². The smallest absolute Gasteiger partial charge is 0.256 e. The summed E-state index contributed by atoms with van der Waals surface area (Å²) in [7, 11) is 0. The van der Waals surface area contributed by atoms with E-state index in [0.29, 0.717) is 5.96 Å². The SMILES string of the molecule is CC(C)N=C1NC(=O)C(C)(c2ccc3ccccc3c2)N1. The Balaban J connectivity index is 2.02. The average Bonchev–Trinajstić information content (AvgIpc) is 2.73. The minimum absolute atomic E-state index is 0.0721. The Kier molecular flexibility index (Phi) is 3.16. The van der Waals surface area contributed by atoms with E-state index in [0.717, 1.165) is 10.9 Å². The fraction of sp³-hybridized carbons (Fsp3) is 0.294. The number of nitrogens with zero attached hydrogens (tertiary/aromatic N) is 1. The molecule has 1 saturated heterocycles. The fourth-order valence-corrected chi connectivity index (χ4v) is 2.58. The van der Waals surface area contributed by atoms with Gasteiger partial charge in [0.25, 0.3) is 5.91 Å². The molecular formula is C17H19N3O. The van der Waals surface area contributed by atoms with Gasteiger partial charge in [-0.1, -0.05) is 36.4 Å². The van der Waals surface area contributed by atoms with Crippen molar-refractivity contribution in [3.8, 4) is 0 Å². The summed E-state index contributed by atoms with van der Waals surface area (Å²) in [5.74, 6) is 0.475. The summed E-state index contributed by atoms with van der Waals surface area (Å²) in [4.78, 5) is 16.8. The van der Waals surface area contributed by atoms with Crippen LogP contribution in [0, 0.1) is 0 Å². The van der Waals surface area contributed by atoms with Crippen LogP contribution in [0.4, 0.5) is 0 Å². The number of benzene rings is 2. The normalized spacial score (nSPS) is 23.6. The zero-order chi connectivity index (χ0) is 15.0. The quantitative estimate of drug-likeness (QED) is 0.889. The van der Waals surface area contributed by atoms with Gasteiger partial charge in [0.15, 0.2) is 5.96 Å². The number of carbonyl (C=O) groups is 1. The molecule has 1 aliphatic rings. The summed E-state index contributed by atoms with van der Waals surface area (Å²) in [6.45, 7) is 5.84. The Bertz CT molecular complexity index is 736. The minimum Gasteiger partial charge on any atom is -0.338 e. The largest absolute Gasteiger partial charge is 0.338 e. The lowest BCUT2D eigenvalue weighted by Gasteiger charge is -2.22. The number of hydrogen-bond acceptors (Lipinski definition) is 2. The maximum Gasteiger partial charge on any atom is 0.256 e. The lowest BCUT2D eigenvalue weighted by Crippen LogP contribution is -2.40. The van der Waals surface area contributed by atoms with Crippen molar-refractivity contribution in [1.82, 2.24) is 10.6 Å². The highest BCUT2D eigenvalue weighted by atomic mass is 16.2. The van der Waals surface area contributed by atoms with E-state index >= 15 is 0 Å². The molecule has 3 rings (SSSR count). The summed E-state index contributed by atoms with van der Waals surface area (Å²) in [6, 6.07) is 14.4. The lowest BCUT2D eigenvalue weighted by molar-refractivity contribution is -0.123. The van der Waals surface area contributed by atoms with Crippen molar-refractivity contribution < 1.29 is 4.79 Å². The van der Waals surface area contributed by atoms with E-state index < -0.39 is 5.54 Å².